The van der Waals surface area contributed by atoms with Crippen molar-refractivity contribution in [2.45, 2.75) is 32.9 Å². The Morgan fingerprint density at radius 1 is 1.10 bits per heavy atom. The van der Waals surface area contributed by atoms with E-state index in [0.717, 1.165) is 19.5 Å². The van der Waals surface area contributed by atoms with Crippen LogP contribution in [-0.2, 0) is 6.54 Å². The van der Waals surface area contributed by atoms with Crippen molar-refractivity contribution in [3.8, 4) is 0 Å². The summed E-state index contributed by atoms with van der Waals surface area (Å²) in [4.78, 5) is 6.35. The third kappa shape index (κ3) is 4.96. The molecule has 0 saturated carbocycles. The van der Waals surface area contributed by atoms with Crippen LogP contribution in [0.5, 0.6) is 0 Å². The topological polar surface area (TPSA) is 42.1 Å². The van der Waals surface area contributed by atoms with Crippen LogP contribution in [0.25, 0.3) is 0 Å². The lowest BCUT2D eigenvalue weighted by Gasteiger charge is -2.20. The van der Waals surface area contributed by atoms with Crippen LogP contribution in [0.3, 0.4) is 0 Å². The quantitative estimate of drug-likeness (QED) is 0.885. The van der Waals surface area contributed by atoms with Gasteiger partial charge in [-0.3, -0.25) is 4.98 Å². The van der Waals surface area contributed by atoms with Gasteiger partial charge in [-0.1, -0.05) is 29.3 Å². The maximum absolute atomic E-state index is 6.34. The van der Waals surface area contributed by atoms with Gasteiger partial charge in [0, 0.05) is 25.0 Å². The fraction of sp³-hybridized carbons (Fsp3) is 0.389. The van der Waals surface area contributed by atoms with Crippen molar-refractivity contribution >= 4 is 0 Å². The number of aromatic nitrogens is 1. The Balaban J connectivity index is 1.87. The molecule has 2 rings (SSSR count). The normalized spacial score (nSPS) is 12.6. The van der Waals surface area contributed by atoms with Crippen LogP contribution in [0.2, 0.25) is 0 Å². The standard InChI is InChI=1S/C18H25N3/c1-14-10-15(2)12-17(11-14)18(19)6-9-21(3)13-16-4-7-20-8-5-16/h4-5,7-8,10-12,18H,6,9,13,19H2,1-3H3. The maximum Gasteiger partial charge on any atom is 0.0307 e. The van der Waals surface area contributed by atoms with Gasteiger partial charge in [0.2, 0.25) is 0 Å². The molecule has 0 saturated heterocycles. The molecule has 0 aliphatic heterocycles. The highest BCUT2D eigenvalue weighted by Crippen LogP contribution is 2.18. The van der Waals surface area contributed by atoms with Crippen molar-refractivity contribution in [3.05, 3.63) is 65.0 Å². The molecular formula is C18H25N3. The molecule has 112 valence electrons. The SMILES string of the molecule is Cc1cc(C)cc(C(N)CCN(C)Cc2ccncc2)c1. The van der Waals surface area contributed by atoms with Gasteiger partial charge < -0.3 is 10.6 Å². The molecule has 0 fully saturated rings. The van der Waals surface area contributed by atoms with Crippen LogP contribution < -0.4 is 5.73 Å². The molecule has 1 aromatic carbocycles. The van der Waals surface area contributed by atoms with E-state index in [1.165, 1.54) is 22.3 Å². The molecule has 1 heterocycles. The predicted molar refractivity (Wildman–Crippen MR) is 88.0 cm³/mol. The highest BCUT2D eigenvalue weighted by molar-refractivity contribution is 5.30. The Bertz CT molecular complexity index is 546. The van der Waals surface area contributed by atoms with E-state index in [9.17, 15) is 0 Å². The van der Waals surface area contributed by atoms with Gasteiger partial charge in [-0.2, -0.15) is 0 Å². The molecule has 21 heavy (non-hydrogen) atoms. The van der Waals surface area contributed by atoms with Crippen LogP contribution >= 0.6 is 0 Å². The summed E-state index contributed by atoms with van der Waals surface area (Å²) in [5.41, 5.74) is 11.4. The van der Waals surface area contributed by atoms with E-state index >= 15 is 0 Å². The van der Waals surface area contributed by atoms with Crippen LogP contribution in [0.1, 0.15) is 34.7 Å². The summed E-state index contributed by atoms with van der Waals surface area (Å²) in [6.07, 6.45) is 4.64. The highest BCUT2D eigenvalue weighted by Gasteiger charge is 2.09. The second-order valence-electron chi connectivity index (χ2n) is 5.91. The number of rotatable bonds is 6. The van der Waals surface area contributed by atoms with E-state index in [2.05, 4.69) is 61.1 Å². The first-order valence-electron chi connectivity index (χ1n) is 7.46. The minimum atomic E-state index is 0.100. The molecule has 0 aliphatic carbocycles. The van der Waals surface area contributed by atoms with Crippen molar-refractivity contribution in [1.29, 1.82) is 0 Å². The van der Waals surface area contributed by atoms with Crippen molar-refractivity contribution in [1.82, 2.24) is 9.88 Å². The molecule has 0 amide bonds. The summed E-state index contributed by atoms with van der Waals surface area (Å²) >= 11 is 0. The molecule has 1 atom stereocenters. The number of nitrogens with two attached hydrogens (primary N) is 1. The molecule has 3 heteroatoms. The third-order valence-corrected chi connectivity index (χ3v) is 3.70. The fourth-order valence-corrected chi connectivity index (χ4v) is 2.63. The van der Waals surface area contributed by atoms with Gasteiger partial charge in [0.15, 0.2) is 0 Å². The van der Waals surface area contributed by atoms with E-state index in [1.54, 1.807) is 0 Å². The van der Waals surface area contributed by atoms with Gasteiger partial charge in [-0.25, -0.2) is 0 Å². The summed E-state index contributed by atoms with van der Waals surface area (Å²) < 4.78 is 0. The molecule has 0 radical (unpaired) electrons. The van der Waals surface area contributed by atoms with Crippen LogP contribution in [0.4, 0.5) is 0 Å². The Morgan fingerprint density at radius 3 is 2.33 bits per heavy atom. The first kappa shape index (κ1) is 15.7. The summed E-state index contributed by atoms with van der Waals surface area (Å²) in [7, 11) is 2.13. The fourth-order valence-electron chi connectivity index (χ4n) is 2.63. The van der Waals surface area contributed by atoms with E-state index in [0.29, 0.717) is 0 Å². The first-order chi connectivity index (χ1) is 10.0. The lowest BCUT2D eigenvalue weighted by Crippen LogP contribution is -2.23. The summed E-state index contributed by atoms with van der Waals surface area (Å²) in [5.74, 6) is 0. The molecule has 1 unspecified atom stereocenters. The van der Waals surface area contributed by atoms with Gasteiger partial charge in [-0.05, 0) is 57.1 Å². The van der Waals surface area contributed by atoms with Crippen LogP contribution in [0.15, 0.2) is 42.7 Å². The smallest absolute Gasteiger partial charge is 0.0307 e. The average Bonchev–Trinajstić information content (AvgIpc) is 2.45. The lowest BCUT2D eigenvalue weighted by atomic mass is 9.99. The van der Waals surface area contributed by atoms with Crippen LogP contribution in [-0.4, -0.2) is 23.5 Å². The molecule has 3 nitrogen and oxygen atoms in total. The van der Waals surface area contributed by atoms with Crippen molar-refractivity contribution in [3.63, 3.8) is 0 Å². The zero-order chi connectivity index (χ0) is 15.2. The second-order valence-corrected chi connectivity index (χ2v) is 5.91. The lowest BCUT2D eigenvalue weighted by molar-refractivity contribution is 0.311. The minimum Gasteiger partial charge on any atom is -0.324 e. The number of nitrogens with zero attached hydrogens (tertiary/aromatic N) is 2. The zero-order valence-electron chi connectivity index (χ0n) is 13.2. The molecule has 0 spiro atoms. The van der Waals surface area contributed by atoms with Crippen LogP contribution in [0, 0.1) is 13.8 Å². The van der Waals surface area contributed by atoms with Crippen molar-refractivity contribution < 1.29 is 0 Å². The van der Waals surface area contributed by atoms with E-state index in [-0.39, 0.29) is 6.04 Å². The Labute approximate surface area is 127 Å². The van der Waals surface area contributed by atoms with E-state index < -0.39 is 0 Å². The Kier molecular flexibility index (Phi) is 5.48. The monoisotopic (exact) mass is 283 g/mol. The van der Waals surface area contributed by atoms with Gasteiger partial charge >= 0.3 is 0 Å². The van der Waals surface area contributed by atoms with Gasteiger partial charge in [-0.15, -0.1) is 0 Å². The highest BCUT2D eigenvalue weighted by atomic mass is 15.1. The van der Waals surface area contributed by atoms with Gasteiger partial charge in [0.25, 0.3) is 0 Å². The second kappa shape index (κ2) is 7.34. The molecule has 0 aliphatic rings. The van der Waals surface area contributed by atoms with Crippen molar-refractivity contribution in [2.75, 3.05) is 13.6 Å². The molecule has 0 bridgehead atoms. The minimum absolute atomic E-state index is 0.100. The van der Waals surface area contributed by atoms with E-state index in [1.807, 2.05) is 12.4 Å². The largest absolute Gasteiger partial charge is 0.324 e. The molecule has 1 aromatic heterocycles. The Morgan fingerprint density at radius 2 is 1.71 bits per heavy atom. The zero-order valence-corrected chi connectivity index (χ0v) is 13.2. The van der Waals surface area contributed by atoms with Crippen molar-refractivity contribution in [2.24, 2.45) is 5.73 Å². The summed E-state index contributed by atoms with van der Waals surface area (Å²) in [6.45, 7) is 6.16. The predicted octanol–water partition coefficient (Wildman–Crippen LogP) is 3.22. The van der Waals surface area contributed by atoms with Gasteiger partial charge in [0.1, 0.15) is 0 Å². The third-order valence-electron chi connectivity index (χ3n) is 3.70. The van der Waals surface area contributed by atoms with E-state index in [4.69, 9.17) is 5.73 Å². The number of aryl methyl sites for hydroxylation is 2. The van der Waals surface area contributed by atoms with Gasteiger partial charge in [0.05, 0.1) is 0 Å². The molecule has 2 aromatic rings. The average molecular weight is 283 g/mol. The molecule has 2 N–H and O–H groups in total. The summed E-state index contributed by atoms with van der Waals surface area (Å²) in [6, 6.07) is 10.8. The first-order valence-corrected chi connectivity index (χ1v) is 7.46. The maximum atomic E-state index is 6.34. The number of benzene rings is 1. The Hall–Kier alpha value is -1.71. The summed E-state index contributed by atoms with van der Waals surface area (Å²) in [5, 5.41) is 0. The number of pyridine rings is 1. The molecular weight excluding hydrogens is 258 g/mol. The number of hydrogen-bond donors (Lipinski definition) is 1. The number of hydrogen-bond acceptors (Lipinski definition) is 3.